The molecule has 5 nitrogen and oxygen atoms in total. The van der Waals surface area contributed by atoms with Crippen molar-refractivity contribution < 1.29 is 27.9 Å². The number of urea groups is 1. The van der Waals surface area contributed by atoms with Crippen molar-refractivity contribution >= 4 is 12.0 Å². The van der Waals surface area contributed by atoms with Crippen LogP contribution >= 0.6 is 0 Å². The molecular formula is C18H21F3N2O3. The van der Waals surface area contributed by atoms with Crippen molar-refractivity contribution in [3.05, 3.63) is 35.4 Å². The average molecular weight is 370 g/mol. The molecule has 1 aliphatic heterocycles. The number of nitrogens with one attached hydrogen (secondary N) is 1. The van der Waals surface area contributed by atoms with Gasteiger partial charge in [0.05, 0.1) is 11.5 Å². The molecule has 0 spiro atoms. The lowest BCUT2D eigenvalue weighted by atomic mass is 9.86. The first-order chi connectivity index (χ1) is 12.2. The number of likely N-dealkylation sites (tertiary alicyclic amines) is 1. The maximum Gasteiger partial charge on any atom is 0.416 e. The molecule has 0 atom stereocenters. The van der Waals surface area contributed by atoms with Crippen molar-refractivity contribution in [2.45, 2.75) is 43.8 Å². The molecule has 8 heteroatoms. The molecule has 2 aliphatic rings. The first-order valence-electron chi connectivity index (χ1n) is 8.69. The summed E-state index contributed by atoms with van der Waals surface area (Å²) in [5.74, 6) is -1.22. The maximum atomic E-state index is 12.8. The van der Waals surface area contributed by atoms with Crippen LogP contribution in [-0.2, 0) is 11.0 Å². The number of amides is 2. The third kappa shape index (κ3) is 4.11. The number of halogens is 3. The Labute approximate surface area is 149 Å². The van der Waals surface area contributed by atoms with Gasteiger partial charge in [0, 0.05) is 25.0 Å². The van der Waals surface area contributed by atoms with Crippen LogP contribution in [0.15, 0.2) is 24.3 Å². The number of carbonyl (C=O) groups is 2. The van der Waals surface area contributed by atoms with E-state index >= 15 is 0 Å². The minimum Gasteiger partial charge on any atom is -0.481 e. The second kappa shape index (κ2) is 7.17. The zero-order valence-electron chi connectivity index (χ0n) is 14.1. The number of rotatable bonds is 3. The molecule has 1 heterocycles. The van der Waals surface area contributed by atoms with E-state index in [0.29, 0.717) is 44.3 Å². The number of carboxylic acid groups (broad SMARTS) is 1. The van der Waals surface area contributed by atoms with E-state index in [1.54, 1.807) is 11.0 Å². The smallest absolute Gasteiger partial charge is 0.416 e. The fourth-order valence-electron chi connectivity index (χ4n) is 3.57. The maximum absolute atomic E-state index is 12.8. The molecule has 0 bridgehead atoms. The molecule has 0 radical (unpaired) electrons. The Morgan fingerprint density at radius 3 is 2.35 bits per heavy atom. The van der Waals surface area contributed by atoms with Crippen LogP contribution in [-0.4, -0.2) is 41.1 Å². The Morgan fingerprint density at radius 2 is 1.77 bits per heavy atom. The summed E-state index contributed by atoms with van der Waals surface area (Å²) < 4.78 is 38.4. The van der Waals surface area contributed by atoms with Gasteiger partial charge in [0.25, 0.3) is 0 Å². The van der Waals surface area contributed by atoms with Crippen LogP contribution in [0.2, 0.25) is 0 Å². The number of hydrogen-bond donors (Lipinski definition) is 2. The zero-order chi connectivity index (χ0) is 18.9. The minimum absolute atomic E-state index is 0.0364. The highest BCUT2D eigenvalue weighted by Gasteiger charge is 2.36. The van der Waals surface area contributed by atoms with Crippen LogP contribution < -0.4 is 5.32 Å². The Hall–Kier alpha value is -2.25. The van der Waals surface area contributed by atoms with Gasteiger partial charge < -0.3 is 15.3 Å². The number of nitrogens with zero attached hydrogens (tertiary/aromatic N) is 1. The van der Waals surface area contributed by atoms with E-state index in [4.69, 9.17) is 5.11 Å². The number of aliphatic carboxylic acids is 1. The molecule has 1 aromatic rings. The molecule has 2 amide bonds. The minimum atomic E-state index is -4.37. The van der Waals surface area contributed by atoms with E-state index in [-0.39, 0.29) is 23.9 Å². The molecule has 1 aliphatic carbocycles. The predicted octanol–water partition coefficient (Wildman–Crippen LogP) is 3.46. The Morgan fingerprint density at radius 1 is 1.12 bits per heavy atom. The number of carbonyl (C=O) groups excluding carboxylic acids is 1. The number of benzene rings is 1. The average Bonchev–Trinajstić information content (AvgIpc) is 2.53. The molecule has 2 N–H and O–H groups in total. The van der Waals surface area contributed by atoms with Crippen LogP contribution in [0, 0.1) is 5.92 Å². The predicted molar refractivity (Wildman–Crippen MR) is 87.7 cm³/mol. The lowest BCUT2D eigenvalue weighted by molar-refractivity contribution is -0.143. The van der Waals surface area contributed by atoms with Gasteiger partial charge in [-0.05, 0) is 37.3 Å². The number of carboxylic acids is 1. The van der Waals surface area contributed by atoms with Gasteiger partial charge in [-0.3, -0.25) is 4.79 Å². The first-order valence-corrected chi connectivity index (χ1v) is 8.69. The lowest BCUT2D eigenvalue weighted by Gasteiger charge is -2.41. The molecule has 0 unspecified atom stereocenters. The number of alkyl halides is 3. The van der Waals surface area contributed by atoms with Crippen LogP contribution in [0.25, 0.3) is 0 Å². The van der Waals surface area contributed by atoms with Crippen LogP contribution in [0.4, 0.5) is 18.0 Å². The number of hydrogen-bond acceptors (Lipinski definition) is 2. The van der Waals surface area contributed by atoms with Crippen molar-refractivity contribution in [3.8, 4) is 0 Å². The first kappa shape index (κ1) is 18.5. The third-order valence-electron chi connectivity index (χ3n) is 5.26. The lowest BCUT2D eigenvalue weighted by Crippen LogP contribution is -2.55. The topological polar surface area (TPSA) is 69.6 Å². The summed E-state index contributed by atoms with van der Waals surface area (Å²) in [6.07, 6.45) is -2.01. The van der Waals surface area contributed by atoms with Crippen molar-refractivity contribution in [3.63, 3.8) is 0 Å². The molecule has 2 fully saturated rings. The highest BCUT2D eigenvalue weighted by atomic mass is 19.4. The molecule has 1 aromatic carbocycles. The van der Waals surface area contributed by atoms with E-state index in [0.717, 1.165) is 12.1 Å². The van der Waals surface area contributed by atoms with Crippen LogP contribution in [0.1, 0.15) is 42.7 Å². The fraction of sp³-hybridized carbons (Fsp3) is 0.556. The van der Waals surface area contributed by atoms with E-state index in [1.807, 2.05) is 0 Å². The van der Waals surface area contributed by atoms with Crippen LogP contribution in [0.3, 0.4) is 0 Å². The molecule has 1 saturated heterocycles. The van der Waals surface area contributed by atoms with Gasteiger partial charge in [0.1, 0.15) is 0 Å². The van der Waals surface area contributed by atoms with E-state index in [2.05, 4.69) is 5.32 Å². The van der Waals surface area contributed by atoms with Crippen molar-refractivity contribution in [2.24, 2.45) is 5.92 Å². The molecule has 0 aromatic heterocycles. The molecule has 26 heavy (non-hydrogen) atoms. The van der Waals surface area contributed by atoms with Gasteiger partial charge >= 0.3 is 18.2 Å². The van der Waals surface area contributed by atoms with Gasteiger partial charge in [-0.25, -0.2) is 4.79 Å². The SMILES string of the molecule is O=C(O)C1CCC(NC(=O)N2CC(c3cccc(C(F)(F)F)c3)C2)CC1. The summed E-state index contributed by atoms with van der Waals surface area (Å²) in [6.45, 7) is 0.773. The summed E-state index contributed by atoms with van der Waals surface area (Å²) in [7, 11) is 0. The van der Waals surface area contributed by atoms with Crippen molar-refractivity contribution in [1.29, 1.82) is 0 Å². The molecule has 1 saturated carbocycles. The zero-order valence-corrected chi connectivity index (χ0v) is 14.1. The highest BCUT2D eigenvalue weighted by Crippen LogP contribution is 2.34. The Bertz CT molecular complexity index is 679. The fourth-order valence-corrected chi connectivity index (χ4v) is 3.57. The van der Waals surface area contributed by atoms with Crippen LogP contribution in [0.5, 0.6) is 0 Å². The van der Waals surface area contributed by atoms with Gasteiger partial charge in [-0.1, -0.05) is 18.2 Å². The highest BCUT2D eigenvalue weighted by molar-refractivity contribution is 5.76. The van der Waals surface area contributed by atoms with Gasteiger partial charge in [-0.15, -0.1) is 0 Å². The summed E-state index contributed by atoms with van der Waals surface area (Å²) in [5.41, 5.74) is -0.0843. The molecule has 3 rings (SSSR count). The van der Waals surface area contributed by atoms with Crippen molar-refractivity contribution in [2.75, 3.05) is 13.1 Å². The summed E-state index contributed by atoms with van der Waals surface area (Å²) in [4.78, 5) is 24.7. The van der Waals surface area contributed by atoms with E-state index in [1.165, 1.54) is 6.07 Å². The summed E-state index contributed by atoms with van der Waals surface area (Å²) in [6, 6.07) is 4.97. The monoisotopic (exact) mass is 370 g/mol. The standard InChI is InChI=1S/C18H21F3N2O3/c19-18(20,21)14-3-1-2-12(8-14)13-9-23(10-13)17(26)22-15-6-4-11(5-7-15)16(24)25/h1-3,8,11,13,15H,4-7,9-10H2,(H,22,26)(H,24,25). The molecule has 142 valence electrons. The summed E-state index contributed by atoms with van der Waals surface area (Å²) >= 11 is 0. The molecular weight excluding hydrogens is 349 g/mol. The quantitative estimate of drug-likeness (QED) is 0.856. The second-order valence-electron chi connectivity index (χ2n) is 7.06. The Balaban J connectivity index is 1.48. The second-order valence-corrected chi connectivity index (χ2v) is 7.06. The Kier molecular flexibility index (Phi) is 5.11. The van der Waals surface area contributed by atoms with E-state index in [9.17, 15) is 22.8 Å². The van der Waals surface area contributed by atoms with Gasteiger partial charge in [0.15, 0.2) is 0 Å². The van der Waals surface area contributed by atoms with Crippen molar-refractivity contribution in [1.82, 2.24) is 10.2 Å². The van der Waals surface area contributed by atoms with E-state index < -0.39 is 17.7 Å². The third-order valence-corrected chi connectivity index (χ3v) is 5.26. The normalized spacial score (nSPS) is 24.0. The summed E-state index contributed by atoms with van der Waals surface area (Å²) in [5, 5.41) is 11.9. The largest absolute Gasteiger partial charge is 0.481 e. The van der Waals surface area contributed by atoms with Gasteiger partial charge in [-0.2, -0.15) is 13.2 Å². The van der Waals surface area contributed by atoms with Gasteiger partial charge in [0.2, 0.25) is 0 Å².